The van der Waals surface area contributed by atoms with Gasteiger partial charge in [0.15, 0.2) is 0 Å². The van der Waals surface area contributed by atoms with Gasteiger partial charge in [-0.05, 0) is 49.7 Å². The van der Waals surface area contributed by atoms with Gasteiger partial charge in [0.25, 0.3) is 0 Å². The standard InChI is InChI=1S/C15H15Cl2NO/c16-11-5-4-10(9-12(11)17)14-6-7-15(19-14)13-3-1-2-8-18-13/h4-7,9,13,18H,1-3,8H2/t13-/m0/s1. The monoisotopic (exact) mass is 295 g/mol. The van der Waals surface area contributed by atoms with Crippen LogP contribution in [0.15, 0.2) is 34.7 Å². The lowest BCUT2D eigenvalue weighted by atomic mass is 10.0. The summed E-state index contributed by atoms with van der Waals surface area (Å²) >= 11 is 12.0. The van der Waals surface area contributed by atoms with E-state index in [1.54, 1.807) is 6.07 Å². The highest BCUT2D eigenvalue weighted by Gasteiger charge is 2.18. The number of hydrogen-bond acceptors (Lipinski definition) is 2. The number of furan rings is 1. The molecule has 4 heteroatoms. The van der Waals surface area contributed by atoms with Crippen LogP contribution in [0.25, 0.3) is 11.3 Å². The van der Waals surface area contributed by atoms with Crippen LogP contribution in [0, 0.1) is 0 Å². The molecule has 2 nitrogen and oxygen atoms in total. The third kappa shape index (κ3) is 2.81. The molecule has 2 heterocycles. The molecule has 1 fully saturated rings. The Kier molecular flexibility index (Phi) is 3.83. The van der Waals surface area contributed by atoms with Gasteiger partial charge in [0, 0.05) is 5.56 Å². The molecule has 1 aromatic carbocycles. The van der Waals surface area contributed by atoms with E-state index in [2.05, 4.69) is 5.32 Å². The van der Waals surface area contributed by atoms with Gasteiger partial charge in [-0.25, -0.2) is 0 Å². The molecular formula is C15H15Cl2NO. The maximum atomic E-state index is 6.03. The Balaban J connectivity index is 1.85. The Morgan fingerprint density at radius 3 is 2.68 bits per heavy atom. The summed E-state index contributed by atoms with van der Waals surface area (Å²) in [5, 5.41) is 4.59. The fourth-order valence-corrected chi connectivity index (χ4v) is 2.74. The zero-order chi connectivity index (χ0) is 13.2. The van der Waals surface area contributed by atoms with Crippen LogP contribution in [-0.2, 0) is 0 Å². The van der Waals surface area contributed by atoms with Crippen LogP contribution in [0.3, 0.4) is 0 Å². The maximum absolute atomic E-state index is 6.03. The zero-order valence-electron chi connectivity index (χ0n) is 10.5. The van der Waals surface area contributed by atoms with E-state index in [4.69, 9.17) is 27.6 Å². The molecule has 0 spiro atoms. The number of halogens is 2. The van der Waals surface area contributed by atoms with Gasteiger partial charge < -0.3 is 9.73 Å². The lowest BCUT2D eigenvalue weighted by Crippen LogP contribution is -2.26. The molecule has 1 atom stereocenters. The minimum Gasteiger partial charge on any atom is -0.459 e. The topological polar surface area (TPSA) is 25.2 Å². The van der Waals surface area contributed by atoms with Gasteiger partial charge in [-0.1, -0.05) is 29.6 Å². The second-order valence-electron chi connectivity index (χ2n) is 4.83. The van der Waals surface area contributed by atoms with Crippen LogP contribution in [0.5, 0.6) is 0 Å². The van der Waals surface area contributed by atoms with Crippen molar-refractivity contribution in [2.24, 2.45) is 0 Å². The highest BCUT2D eigenvalue weighted by atomic mass is 35.5. The molecule has 1 saturated heterocycles. The molecule has 3 rings (SSSR count). The molecule has 0 aliphatic carbocycles. The van der Waals surface area contributed by atoms with Crippen molar-refractivity contribution >= 4 is 23.2 Å². The van der Waals surface area contributed by atoms with E-state index < -0.39 is 0 Å². The quantitative estimate of drug-likeness (QED) is 0.837. The van der Waals surface area contributed by atoms with Crippen molar-refractivity contribution in [1.29, 1.82) is 0 Å². The average molecular weight is 296 g/mol. The Morgan fingerprint density at radius 1 is 1.05 bits per heavy atom. The van der Waals surface area contributed by atoms with Crippen molar-refractivity contribution in [3.8, 4) is 11.3 Å². The van der Waals surface area contributed by atoms with Crippen LogP contribution in [0.4, 0.5) is 0 Å². The SMILES string of the molecule is Clc1ccc(-c2ccc([C@@H]3CCCCN3)o2)cc1Cl. The third-order valence-corrected chi connectivity index (χ3v) is 4.22. The minimum absolute atomic E-state index is 0.338. The van der Waals surface area contributed by atoms with E-state index in [-0.39, 0.29) is 0 Å². The normalized spacial score (nSPS) is 19.6. The number of piperidine rings is 1. The number of nitrogens with one attached hydrogen (secondary N) is 1. The Bertz CT molecular complexity index is 573. The summed E-state index contributed by atoms with van der Waals surface area (Å²) in [6.07, 6.45) is 3.63. The van der Waals surface area contributed by atoms with E-state index in [9.17, 15) is 0 Å². The molecule has 0 unspecified atom stereocenters. The number of benzene rings is 1. The van der Waals surface area contributed by atoms with Crippen LogP contribution in [0.2, 0.25) is 10.0 Å². The molecule has 0 amide bonds. The summed E-state index contributed by atoms with van der Waals surface area (Å²) in [5.41, 5.74) is 0.955. The Hall–Kier alpha value is -0.960. The van der Waals surface area contributed by atoms with Crippen molar-refractivity contribution < 1.29 is 4.42 Å². The second-order valence-corrected chi connectivity index (χ2v) is 5.65. The molecule has 1 aromatic heterocycles. The highest BCUT2D eigenvalue weighted by Crippen LogP contribution is 2.32. The molecule has 0 saturated carbocycles. The first-order valence-electron chi connectivity index (χ1n) is 6.52. The summed E-state index contributed by atoms with van der Waals surface area (Å²) in [6.45, 7) is 1.06. The van der Waals surface area contributed by atoms with Gasteiger partial charge in [-0.15, -0.1) is 0 Å². The molecule has 0 radical (unpaired) electrons. The van der Waals surface area contributed by atoms with Crippen LogP contribution < -0.4 is 5.32 Å². The first-order valence-corrected chi connectivity index (χ1v) is 7.28. The van der Waals surface area contributed by atoms with Crippen molar-refractivity contribution in [1.82, 2.24) is 5.32 Å². The van der Waals surface area contributed by atoms with Gasteiger partial charge in [-0.2, -0.15) is 0 Å². The summed E-state index contributed by atoms with van der Waals surface area (Å²) in [5.74, 6) is 1.83. The first-order chi connectivity index (χ1) is 9.24. The van der Waals surface area contributed by atoms with E-state index in [1.807, 2.05) is 24.3 Å². The van der Waals surface area contributed by atoms with Gasteiger partial charge in [0.1, 0.15) is 11.5 Å². The zero-order valence-corrected chi connectivity index (χ0v) is 12.0. The van der Waals surface area contributed by atoms with Gasteiger partial charge in [0.2, 0.25) is 0 Å². The largest absolute Gasteiger partial charge is 0.459 e. The molecule has 1 aliphatic heterocycles. The summed E-state index contributed by atoms with van der Waals surface area (Å²) in [4.78, 5) is 0. The predicted octanol–water partition coefficient (Wildman–Crippen LogP) is 5.07. The molecule has 1 N–H and O–H groups in total. The summed E-state index contributed by atoms with van der Waals surface area (Å²) in [7, 11) is 0. The lowest BCUT2D eigenvalue weighted by Gasteiger charge is -2.21. The highest BCUT2D eigenvalue weighted by molar-refractivity contribution is 6.42. The van der Waals surface area contributed by atoms with Crippen LogP contribution in [-0.4, -0.2) is 6.54 Å². The van der Waals surface area contributed by atoms with E-state index in [0.717, 1.165) is 30.0 Å². The lowest BCUT2D eigenvalue weighted by molar-refractivity contribution is 0.353. The Labute approximate surface area is 122 Å². The van der Waals surface area contributed by atoms with Gasteiger partial charge in [-0.3, -0.25) is 0 Å². The number of hydrogen-bond donors (Lipinski definition) is 1. The minimum atomic E-state index is 0.338. The first kappa shape index (κ1) is 13.0. The van der Waals surface area contributed by atoms with E-state index in [0.29, 0.717) is 16.1 Å². The van der Waals surface area contributed by atoms with Gasteiger partial charge in [0.05, 0.1) is 16.1 Å². The number of rotatable bonds is 2. The molecule has 100 valence electrons. The van der Waals surface area contributed by atoms with Crippen LogP contribution >= 0.6 is 23.2 Å². The molecule has 1 aliphatic rings. The van der Waals surface area contributed by atoms with E-state index >= 15 is 0 Å². The van der Waals surface area contributed by atoms with Crippen molar-refractivity contribution in [2.45, 2.75) is 25.3 Å². The second kappa shape index (κ2) is 5.58. The summed E-state index contributed by atoms with van der Waals surface area (Å²) in [6, 6.07) is 9.92. The van der Waals surface area contributed by atoms with Gasteiger partial charge >= 0.3 is 0 Å². The average Bonchev–Trinajstić information content (AvgIpc) is 2.93. The molecule has 19 heavy (non-hydrogen) atoms. The molecule has 2 aromatic rings. The molecule has 0 bridgehead atoms. The summed E-state index contributed by atoms with van der Waals surface area (Å²) < 4.78 is 5.94. The predicted molar refractivity (Wildman–Crippen MR) is 78.8 cm³/mol. The third-order valence-electron chi connectivity index (χ3n) is 3.48. The van der Waals surface area contributed by atoms with E-state index in [1.165, 1.54) is 12.8 Å². The van der Waals surface area contributed by atoms with Crippen molar-refractivity contribution in [3.05, 3.63) is 46.1 Å². The fourth-order valence-electron chi connectivity index (χ4n) is 2.44. The van der Waals surface area contributed by atoms with Crippen molar-refractivity contribution in [3.63, 3.8) is 0 Å². The van der Waals surface area contributed by atoms with Crippen molar-refractivity contribution in [2.75, 3.05) is 6.54 Å². The van der Waals surface area contributed by atoms with Crippen LogP contribution in [0.1, 0.15) is 31.1 Å². The Morgan fingerprint density at radius 2 is 1.95 bits per heavy atom. The smallest absolute Gasteiger partial charge is 0.134 e. The fraction of sp³-hybridized carbons (Fsp3) is 0.333. The maximum Gasteiger partial charge on any atom is 0.134 e. The molecular weight excluding hydrogens is 281 g/mol.